The minimum absolute atomic E-state index is 0.0909. The van der Waals surface area contributed by atoms with Crippen LogP contribution in [-0.2, 0) is 4.79 Å². The number of carbonyl (C=O) groups is 2. The Balaban J connectivity index is 1.77. The molecule has 0 spiro atoms. The lowest BCUT2D eigenvalue weighted by Gasteiger charge is -2.31. The molecule has 144 valence electrons. The molecule has 1 fully saturated rings. The summed E-state index contributed by atoms with van der Waals surface area (Å²) >= 11 is 0. The lowest BCUT2D eigenvalue weighted by molar-refractivity contribution is -0.895. The molecule has 1 amide bonds. The van der Waals surface area contributed by atoms with Gasteiger partial charge in [-0.3, -0.25) is 9.59 Å². The van der Waals surface area contributed by atoms with E-state index in [0.29, 0.717) is 30.8 Å². The number of rotatable bonds is 4. The van der Waals surface area contributed by atoms with Crippen molar-refractivity contribution in [3.63, 3.8) is 0 Å². The first-order valence-corrected chi connectivity index (χ1v) is 9.35. The highest BCUT2D eigenvalue weighted by atomic mass is 19.1. The molecular weight excluding hydrogens is 345 g/mol. The van der Waals surface area contributed by atoms with Crippen molar-refractivity contribution in [2.45, 2.75) is 27.7 Å². The van der Waals surface area contributed by atoms with E-state index in [9.17, 15) is 14.0 Å². The number of amides is 1. The first kappa shape index (κ1) is 19.3. The number of aryl methyl sites for hydroxylation is 2. The molecule has 2 heterocycles. The summed E-state index contributed by atoms with van der Waals surface area (Å²) < 4.78 is 15.9. The Morgan fingerprint density at radius 1 is 1.11 bits per heavy atom. The van der Waals surface area contributed by atoms with Crippen LogP contribution < -0.4 is 4.90 Å². The summed E-state index contributed by atoms with van der Waals surface area (Å²) in [4.78, 5) is 27.3. The molecule has 0 bridgehead atoms. The highest BCUT2D eigenvalue weighted by Gasteiger charge is 2.26. The van der Waals surface area contributed by atoms with Crippen molar-refractivity contribution < 1.29 is 18.9 Å². The molecule has 0 saturated carbocycles. The largest absolute Gasteiger partial charge is 0.332 e. The average molecular weight is 372 g/mol. The van der Waals surface area contributed by atoms with Crippen LogP contribution in [0.25, 0.3) is 5.69 Å². The molecule has 1 aliphatic rings. The summed E-state index contributed by atoms with van der Waals surface area (Å²) in [5.74, 6) is -0.0666. The van der Waals surface area contributed by atoms with Crippen molar-refractivity contribution in [2.75, 3.05) is 32.7 Å². The van der Waals surface area contributed by atoms with Gasteiger partial charge in [0.05, 0.1) is 26.2 Å². The van der Waals surface area contributed by atoms with Gasteiger partial charge < -0.3 is 14.4 Å². The Hall–Kier alpha value is -2.47. The second-order valence-corrected chi connectivity index (χ2v) is 7.41. The van der Waals surface area contributed by atoms with E-state index < -0.39 is 0 Å². The fraction of sp³-hybridized carbons (Fsp3) is 0.429. The van der Waals surface area contributed by atoms with Gasteiger partial charge in [0.2, 0.25) is 11.7 Å². The molecule has 0 aliphatic carbocycles. The van der Waals surface area contributed by atoms with Crippen LogP contribution >= 0.6 is 0 Å². The van der Waals surface area contributed by atoms with Crippen molar-refractivity contribution in [1.29, 1.82) is 0 Å². The Morgan fingerprint density at radius 3 is 2.37 bits per heavy atom. The maximum absolute atomic E-state index is 14.0. The molecule has 27 heavy (non-hydrogen) atoms. The van der Waals surface area contributed by atoms with Crippen LogP contribution in [0.5, 0.6) is 0 Å². The molecule has 0 unspecified atom stereocenters. The van der Waals surface area contributed by atoms with Crippen LogP contribution in [0.15, 0.2) is 24.3 Å². The van der Waals surface area contributed by atoms with E-state index in [2.05, 4.69) is 0 Å². The fourth-order valence-electron chi connectivity index (χ4n) is 3.80. The lowest BCUT2D eigenvalue weighted by atomic mass is 10.1. The minimum Gasteiger partial charge on any atom is -0.332 e. The lowest BCUT2D eigenvalue weighted by Crippen LogP contribution is -3.15. The van der Waals surface area contributed by atoms with Crippen LogP contribution in [0.2, 0.25) is 0 Å². The summed E-state index contributed by atoms with van der Waals surface area (Å²) in [5.41, 5.74) is 3.77. The number of aromatic nitrogens is 1. The van der Waals surface area contributed by atoms with Gasteiger partial charge in [-0.1, -0.05) is 6.07 Å². The Morgan fingerprint density at radius 2 is 1.78 bits per heavy atom. The monoisotopic (exact) mass is 372 g/mol. The van der Waals surface area contributed by atoms with Gasteiger partial charge in [0.15, 0.2) is 0 Å². The average Bonchev–Trinajstić information content (AvgIpc) is 2.92. The van der Waals surface area contributed by atoms with Gasteiger partial charge in [-0.15, -0.1) is 0 Å². The van der Waals surface area contributed by atoms with Crippen molar-refractivity contribution in [3.05, 3.63) is 52.6 Å². The van der Waals surface area contributed by atoms with Crippen LogP contribution in [0.1, 0.15) is 34.2 Å². The smallest absolute Gasteiger partial charge is 0.219 e. The number of piperazine rings is 1. The standard InChI is InChI=1S/C21H26FN3O2/c1-14-5-6-18(12-20(14)22)25-15(2)11-19(16(25)3)21(27)13-23-7-9-24(10-8-23)17(4)26/h5-6,11-12H,7-10,13H2,1-4H3/p+1. The molecular formula is C21H27FN3O2+. The molecule has 3 rings (SSSR count). The zero-order valence-electron chi connectivity index (χ0n) is 16.4. The third-order valence-electron chi connectivity index (χ3n) is 5.47. The number of nitrogens with one attached hydrogen (secondary N) is 1. The quantitative estimate of drug-likeness (QED) is 0.827. The normalized spacial score (nSPS) is 15.2. The number of hydrogen-bond donors (Lipinski definition) is 1. The van der Waals surface area contributed by atoms with E-state index in [0.717, 1.165) is 30.2 Å². The maximum atomic E-state index is 14.0. The fourth-order valence-corrected chi connectivity index (χ4v) is 3.80. The van der Waals surface area contributed by atoms with Crippen LogP contribution in [0.3, 0.4) is 0 Å². The Bertz CT molecular complexity index is 880. The van der Waals surface area contributed by atoms with Gasteiger partial charge in [-0.2, -0.15) is 0 Å². The molecule has 1 aliphatic heterocycles. The van der Waals surface area contributed by atoms with E-state index in [4.69, 9.17) is 0 Å². The SMILES string of the molecule is CC(=O)N1CC[NH+](CC(=O)c2cc(C)n(-c3ccc(C)c(F)c3)c2C)CC1. The molecule has 2 aromatic rings. The predicted octanol–water partition coefficient (Wildman–Crippen LogP) is 1.47. The van der Waals surface area contributed by atoms with Gasteiger partial charge in [-0.05, 0) is 44.5 Å². The second-order valence-electron chi connectivity index (χ2n) is 7.41. The van der Waals surface area contributed by atoms with Gasteiger partial charge in [0, 0.05) is 29.6 Å². The van der Waals surface area contributed by atoms with E-state index in [1.54, 1.807) is 19.9 Å². The van der Waals surface area contributed by atoms with Crippen LogP contribution in [0, 0.1) is 26.6 Å². The van der Waals surface area contributed by atoms with Gasteiger partial charge >= 0.3 is 0 Å². The topological polar surface area (TPSA) is 46.8 Å². The molecule has 6 heteroatoms. The molecule has 1 aromatic heterocycles. The molecule has 1 N–H and O–H groups in total. The summed E-state index contributed by atoms with van der Waals surface area (Å²) in [6, 6.07) is 7.03. The van der Waals surface area contributed by atoms with Crippen LogP contribution in [-0.4, -0.2) is 53.9 Å². The van der Waals surface area contributed by atoms with Gasteiger partial charge in [0.25, 0.3) is 0 Å². The highest BCUT2D eigenvalue weighted by Crippen LogP contribution is 2.22. The number of quaternary nitrogens is 1. The molecule has 0 radical (unpaired) electrons. The van der Waals surface area contributed by atoms with Crippen molar-refractivity contribution in [3.8, 4) is 5.69 Å². The second kappa shape index (κ2) is 7.64. The molecule has 1 saturated heterocycles. The zero-order chi connectivity index (χ0) is 19.7. The Kier molecular flexibility index (Phi) is 5.46. The predicted molar refractivity (Wildman–Crippen MR) is 102 cm³/mol. The zero-order valence-corrected chi connectivity index (χ0v) is 16.4. The van der Waals surface area contributed by atoms with E-state index in [-0.39, 0.29) is 17.5 Å². The summed E-state index contributed by atoms with van der Waals surface area (Å²) in [6.07, 6.45) is 0. The Labute approximate surface area is 159 Å². The van der Waals surface area contributed by atoms with E-state index >= 15 is 0 Å². The van der Waals surface area contributed by atoms with E-state index in [1.807, 2.05) is 35.4 Å². The maximum Gasteiger partial charge on any atom is 0.219 e. The van der Waals surface area contributed by atoms with Gasteiger partial charge in [0.1, 0.15) is 12.4 Å². The van der Waals surface area contributed by atoms with Crippen molar-refractivity contribution in [1.82, 2.24) is 9.47 Å². The summed E-state index contributed by atoms with van der Waals surface area (Å²) in [7, 11) is 0. The van der Waals surface area contributed by atoms with Crippen LogP contribution in [0.4, 0.5) is 4.39 Å². The number of halogens is 1. The van der Waals surface area contributed by atoms with Gasteiger partial charge in [-0.25, -0.2) is 4.39 Å². The summed E-state index contributed by atoms with van der Waals surface area (Å²) in [5, 5.41) is 0. The molecule has 5 nitrogen and oxygen atoms in total. The first-order valence-electron chi connectivity index (χ1n) is 9.35. The van der Waals surface area contributed by atoms with Crippen molar-refractivity contribution >= 4 is 11.7 Å². The number of carbonyl (C=O) groups excluding carboxylic acids is 2. The highest BCUT2D eigenvalue weighted by molar-refractivity contribution is 5.98. The number of benzene rings is 1. The number of nitrogens with zero attached hydrogens (tertiary/aromatic N) is 2. The minimum atomic E-state index is -0.249. The number of hydrogen-bond acceptors (Lipinski definition) is 2. The third kappa shape index (κ3) is 3.95. The first-order chi connectivity index (χ1) is 12.8. The van der Waals surface area contributed by atoms with Crippen molar-refractivity contribution in [2.24, 2.45) is 0 Å². The molecule has 1 aromatic carbocycles. The molecule has 0 atom stereocenters. The third-order valence-corrected chi connectivity index (χ3v) is 5.47. The number of Topliss-reactive ketones (excluding diaryl/α,β-unsaturated/α-hetero) is 1. The van der Waals surface area contributed by atoms with E-state index in [1.165, 1.54) is 11.0 Å². The number of ketones is 1. The summed E-state index contributed by atoms with van der Waals surface area (Å²) in [6.45, 7) is 10.5.